The zero-order valence-electron chi connectivity index (χ0n) is 12.3. The van der Waals surface area contributed by atoms with Crippen molar-refractivity contribution in [2.75, 3.05) is 0 Å². The molecule has 0 spiro atoms. The largest absolute Gasteiger partial charge is 0.0881 e. The summed E-state index contributed by atoms with van der Waals surface area (Å²) in [7, 11) is 0. The van der Waals surface area contributed by atoms with Crippen LogP contribution < -0.4 is 0 Å². The van der Waals surface area contributed by atoms with Gasteiger partial charge in [-0.05, 0) is 33.1 Å². The summed E-state index contributed by atoms with van der Waals surface area (Å²) in [5.74, 6) is 1.21. The molecule has 17 heavy (non-hydrogen) atoms. The first-order valence-corrected chi connectivity index (χ1v) is 6.67. The van der Waals surface area contributed by atoms with E-state index >= 15 is 0 Å². The third-order valence-electron chi connectivity index (χ3n) is 3.00. The maximum absolute atomic E-state index is 2.33. The second kappa shape index (κ2) is 9.04. The van der Waals surface area contributed by atoms with Crippen LogP contribution in [0.4, 0.5) is 0 Å². The van der Waals surface area contributed by atoms with Crippen LogP contribution in [-0.2, 0) is 0 Å². The van der Waals surface area contributed by atoms with Gasteiger partial charge in [-0.2, -0.15) is 0 Å². The van der Waals surface area contributed by atoms with Crippen molar-refractivity contribution in [3.05, 3.63) is 47.6 Å². The molecule has 0 heteroatoms. The minimum absolute atomic E-state index is 0.554. The van der Waals surface area contributed by atoms with E-state index in [-0.39, 0.29) is 0 Å². The highest BCUT2D eigenvalue weighted by molar-refractivity contribution is 5.24. The lowest BCUT2D eigenvalue weighted by molar-refractivity contribution is 0.525. The van der Waals surface area contributed by atoms with Crippen molar-refractivity contribution in [2.24, 2.45) is 11.8 Å². The Morgan fingerprint density at radius 1 is 1.18 bits per heavy atom. The second-order valence-electron chi connectivity index (χ2n) is 4.91. The van der Waals surface area contributed by atoms with Gasteiger partial charge in [-0.1, -0.05) is 68.4 Å². The van der Waals surface area contributed by atoms with Gasteiger partial charge in [0.05, 0.1) is 0 Å². The molecule has 0 amide bonds. The Balaban J connectivity index is 4.66. The maximum atomic E-state index is 2.33. The van der Waals surface area contributed by atoms with Gasteiger partial charge in [-0.15, -0.1) is 0 Å². The summed E-state index contributed by atoms with van der Waals surface area (Å²) in [5, 5.41) is 0. The molecule has 0 radical (unpaired) electrons. The second-order valence-corrected chi connectivity index (χ2v) is 4.91. The smallest absolute Gasteiger partial charge is 0.00000944 e. The Hall–Kier alpha value is -1.04. The molecule has 0 nitrogen and oxygen atoms in total. The molecule has 0 bridgehead atoms. The Morgan fingerprint density at radius 3 is 2.29 bits per heavy atom. The van der Waals surface area contributed by atoms with Crippen molar-refractivity contribution >= 4 is 0 Å². The van der Waals surface area contributed by atoms with E-state index in [1.807, 2.05) is 0 Å². The quantitative estimate of drug-likeness (QED) is 0.407. The zero-order valence-corrected chi connectivity index (χ0v) is 12.3. The van der Waals surface area contributed by atoms with Crippen molar-refractivity contribution in [2.45, 2.75) is 48.0 Å². The average molecular weight is 232 g/mol. The van der Waals surface area contributed by atoms with Crippen LogP contribution in [0, 0.1) is 11.8 Å². The predicted octanol–water partition coefficient (Wildman–Crippen LogP) is 5.69. The summed E-state index contributed by atoms with van der Waals surface area (Å²) in [6, 6.07) is 0. The molecule has 0 N–H and O–H groups in total. The molecular weight excluding hydrogens is 204 g/mol. The van der Waals surface area contributed by atoms with Crippen LogP contribution >= 0.6 is 0 Å². The summed E-state index contributed by atoms with van der Waals surface area (Å²) in [6.07, 6.45) is 14.3. The normalized spacial score (nSPS) is 16.4. The average Bonchev–Trinajstić information content (AvgIpc) is 2.28. The van der Waals surface area contributed by atoms with Crippen LogP contribution in [-0.4, -0.2) is 0 Å². The lowest BCUT2D eigenvalue weighted by Gasteiger charge is -2.17. The number of hydrogen-bond acceptors (Lipinski definition) is 0. The van der Waals surface area contributed by atoms with Crippen molar-refractivity contribution in [1.29, 1.82) is 0 Å². The summed E-state index contributed by atoms with van der Waals surface area (Å²) < 4.78 is 0. The minimum Gasteiger partial charge on any atom is -0.0881 e. The minimum atomic E-state index is 0.554. The van der Waals surface area contributed by atoms with Crippen LogP contribution in [0.1, 0.15) is 48.0 Å². The lowest BCUT2D eigenvalue weighted by atomic mass is 9.88. The fraction of sp³-hybridized carbons (Fsp3) is 0.529. The molecule has 0 saturated heterocycles. The van der Waals surface area contributed by atoms with Gasteiger partial charge in [0.2, 0.25) is 0 Å². The molecule has 0 fully saturated rings. The van der Waals surface area contributed by atoms with E-state index in [1.54, 1.807) is 0 Å². The first-order chi connectivity index (χ1) is 8.02. The van der Waals surface area contributed by atoms with Gasteiger partial charge in [0.15, 0.2) is 0 Å². The van der Waals surface area contributed by atoms with E-state index in [9.17, 15) is 0 Å². The summed E-state index contributed by atoms with van der Waals surface area (Å²) >= 11 is 0. The number of allylic oxidation sites excluding steroid dienone is 8. The third-order valence-corrected chi connectivity index (χ3v) is 3.00. The highest BCUT2D eigenvalue weighted by Crippen LogP contribution is 2.22. The van der Waals surface area contributed by atoms with Crippen LogP contribution in [0.25, 0.3) is 0 Å². The summed E-state index contributed by atoms with van der Waals surface area (Å²) in [6.45, 7) is 13.2. The van der Waals surface area contributed by atoms with Crippen LogP contribution in [0.15, 0.2) is 47.6 Å². The van der Waals surface area contributed by atoms with Gasteiger partial charge >= 0.3 is 0 Å². The predicted molar refractivity (Wildman–Crippen MR) is 80.1 cm³/mol. The Morgan fingerprint density at radius 2 is 1.82 bits per heavy atom. The molecule has 0 heterocycles. The monoisotopic (exact) mass is 232 g/mol. The molecule has 0 aromatic carbocycles. The van der Waals surface area contributed by atoms with Gasteiger partial charge in [-0.3, -0.25) is 0 Å². The van der Waals surface area contributed by atoms with E-state index in [4.69, 9.17) is 0 Å². The van der Waals surface area contributed by atoms with Crippen LogP contribution in [0.5, 0.6) is 0 Å². The first-order valence-electron chi connectivity index (χ1n) is 6.67. The maximum Gasteiger partial charge on any atom is 0.00000944 e. The SMILES string of the molecule is C/C=C(/C)C(/C=C/C(C)=C/C=C/CC)C(C)C. The zero-order chi connectivity index (χ0) is 13.3. The molecule has 96 valence electrons. The van der Waals surface area contributed by atoms with Crippen LogP contribution in [0.3, 0.4) is 0 Å². The lowest BCUT2D eigenvalue weighted by Crippen LogP contribution is -2.06. The summed E-state index contributed by atoms with van der Waals surface area (Å²) in [5.41, 5.74) is 2.76. The standard InChI is InChI=1S/C17H28/c1-7-9-10-11-15(5)12-13-17(14(3)4)16(6)8-2/h8-14,17H,7H2,1-6H3/b10-9+,13-12+,15-11+,16-8-. The first kappa shape index (κ1) is 16.0. The van der Waals surface area contributed by atoms with E-state index < -0.39 is 0 Å². The van der Waals surface area contributed by atoms with Gasteiger partial charge in [0.25, 0.3) is 0 Å². The van der Waals surface area contributed by atoms with E-state index in [2.05, 4.69) is 78.0 Å². The Labute approximate surface area is 108 Å². The highest BCUT2D eigenvalue weighted by atomic mass is 14.2. The molecule has 0 aliphatic rings. The molecule has 0 aliphatic carbocycles. The van der Waals surface area contributed by atoms with Gasteiger partial charge in [0.1, 0.15) is 0 Å². The topological polar surface area (TPSA) is 0 Å². The Kier molecular flexibility index (Phi) is 8.49. The number of rotatable bonds is 6. The Bertz CT molecular complexity index is 311. The van der Waals surface area contributed by atoms with Crippen molar-refractivity contribution in [3.8, 4) is 0 Å². The molecular formula is C17H28. The van der Waals surface area contributed by atoms with E-state index in [0.29, 0.717) is 11.8 Å². The van der Waals surface area contributed by atoms with Crippen molar-refractivity contribution < 1.29 is 0 Å². The third kappa shape index (κ3) is 6.99. The fourth-order valence-electron chi connectivity index (χ4n) is 1.76. The van der Waals surface area contributed by atoms with Gasteiger partial charge in [0, 0.05) is 5.92 Å². The molecule has 0 aromatic heterocycles. The van der Waals surface area contributed by atoms with Crippen molar-refractivity contribution in [3.63, 3.8) is 0 Å². The molecule has 0 aromatic rings. The molecule has 0 saturated carbocycles. The molecule has 1 atom stereocenters. The van der Waals surface area contributed by atoms with Crippen molar-refractivity contribution in [1.82, 2.24) is 0 Å². The van der Waals surface area contributed by atoms with Gasteiger partial charge in [-0.25, -0.2) is 0 Å². The van der Waals surface area contributed by atoms with E-state index in [1.165, 1.54) is 11.1 Å². The fourth-order valence-corrected chi connectivity index (χ4v) is 1.76. The highest BCUT2D eigenvalue weighted by Gasteiger charge is 2.10. The van der Waals surface area contributed by atoms with Crippen LogP contribution in [0.2, 0.25) is 0 Å². The molecule has 0 aliphatic heterocycles. The number of hydrogen-bond donors (Lipinski definition) is 0. The summed E-state index contributed by atoms with van der Waals surface area (Å²) in [4.78, 5) is 0. The molecule has 0 rings (SSSR count). The molecule has 1 unspecified atom stereocenters. The van der Waals surface area contributed by atoms with E-state index in [0.717, 1.165) is 6.42 Å². The van der Waals surface area contributed by atoms with Gasteiger partial charge < -0.3 is 0 Å².